The van der Waals surface area contributed by atoms with E-state index in [1.165, 1.54) is 0 Å². The van der Waals surface area contributed by atoms with Crippen LogP contribution in [-0.4, -0.2) is 22.4 Å². The van der Waals surface area contributed by atoms with Crippen LogP contribution in [-0.2, 0) is 0 Å². The second kappa shape index (κ2) is 5.13. The summed E-state index contributed by atoms with van der Waals surface area (Å²) in [6, 6.07) is 0. The van der Waals surface area contributed by atoms with Gasteiger partial charge in [-0.15, -0.1) is 0 Å². The zero-order valence-corrected chi connectivity index (χ0v) is 10.9. The molecule has 0 aromatic rings. The molecule has 0 spiro atoms. The predicted octanol–water partition coefficient (Wildman–Crippen LogP) is 2.75. The van der Waals surface area contributed by atoms with Crippen LogP contribution in [0.2, 0.25) is 0 Å². The second-order valence-corrected chi connectivity index (χ2v) is 6.36. The molecule has 0 radical (unpaired) electrons. The smallest absolute Gasteiger partial charge is 0.0769 e. The van der Waals surface area contributed by atoms with E-state index >= 15 is 0 Å². The van der Waals surface area contributed by atoms with Gasteiger partial charge in [-0.3, -0.25) is 0 Å². The van der Waals surface area contributed by atoms with E-state index in [9.17, 15) is 10.2 Å². The van der Waals surface area contributed by atoms with Crippen molar-refractivity contribution in [3.05, 3.63) is 12.2 Å². The van der Waals surface area contributed by atoms with Crippen LogP contribution >= 0.6 is 0 Å². The quantitative estimate of drug-likeness (QED) is 0.709. The lowest BCUT2D eigenvalue weighted by atomic mass is 9.86. The average Bonchev–Trinajstić information content (AvgIpc) is 2.00. The highest BCUT2D eigenvalue weighted by atomic mass is 16.3. The lowest BCUT2D eigenvalue weighted by Crippen LogP contribution is -2.26. The predicted molar refractivity (Wildman–Crippen MR) is 64.7 cm³/mol. The monoisotopic (exact) mass is 214 g/mol. The first-order valence-corrected chi connectivity index (χ1v) is 5.58. The van der Waals surface area contributed by atoms with Gasteiger partial charge in [-0.1, -0.05) is 53.7 Å². The molecular weight excluding hydrogens is 188 g/mol. The Bertz CT molecular complexity index is 206. The zero-order valence-electron chi connectivity index (χ0n) is 10.9. The maximum Gasteiger partial charge on any atom is 0.0769 e. The molecule has 2 nitrogen and oxygen atoms in total. The van der Waals surface area contributed by atoms with E-state index in [0.717, 1.165) is 0 Å². The minimum Gasteiger partial charge on any atom is -0.392 e. The summed E-state index contributed by atoms with van der Waals surface area (Å²) in [5, 5.41) is 19.5. The Morgan fingerprint density at radius 2 is 1.40 bits per heavy atom. The van der Waals surface area contributed by atoms with Gasteiger partial charge in [0.25, 0.3) is 0 Å². The van der Waals surface area contributed by atoms with Crippen molar-refractivity contribution >= 4 is 0 Å². The molecule has 0 aromatic carbocycles. The first kappa shape index (κ1) is 14.7. The number of aliphatic hydroxyl groups is 2. The van der Waals surface area contributed by atoms with Crippen LogP contribution in [0.3, 0.4) is 0 Å². The van der Waals surface area contributed by atoms with E-state index in [1.807, 2.05) is 47.6 Å². The molecule has 0 aliphatic carbocycles. The summed E-state index contributed by atoms with van der Waals surface area (Å²) in [7, 11) is 0. The number of hydrogen-bond donors (Lipinski definition) is 2. The minimum absolute atomic E-state index is 0.100. The normalized spacial score (nSPS) is 18.1. The molecule has 0 fully saturated rings. The van der Waals surface area contributed by atoms with Crippen LogP contribution in [0.25, 0.3) is 0 Å². The van der Waals surface area contributed by atoms with E-state index in [4.69, 9.17) is 0 Å². The Hall–Kier alpha value is -0.340. The van der Waals surface area contributed by atoms with Crippen LogP contribution in [0.1, 0.15) is 48.0 Å². The van der Waals surface area contributed by atoms with Gasteiger partial charge in [0.05, 0.1) is 12.2 Å². The summed E-state index contributed by atoms with van der Waals surface area (Å²) in [4.78, 5) is 0. The highest BCUT2D eigenvalue weighted by molar-refractivity contribution is 4.96. The number of aliphatic hydroxyl groups excluding tert-OH is 2. The molecule has 0 saturated heterocycles. The van der Waals surface area contributed by atoms with Crippen LogP contribution in [0.4, 0.5) is 0 Å². The molecule has 0 saturated carbocycles. The Balaban J connectivity index is 4.12. The Morgan fingerprint density at radius 3 is 1.73 bits per heavy atom. The third-order valence-electron chi connectivity index (χ3n) is 2.56. The molecule has 0 heterocycles. The van der Waals surface area contributed by atoms with Crippen LogP contribution in [0, 0.1) is 10.8 Å². The van der Waals surface area contributed by atoms with Gasteiger partial charge in [0.1, 0.15) is 0 Å². The van der Waals surface area contributed by atoms with Crippen molar-refractivity contribution in [1.82, 2.24) is 0 Å². The van der Waals surface area contributed by atoms with E-state index in [1.54, 1.807) is 6.08 Å². The number of hydrogen-bond acceptors (Lipinski definition) is 2. The molecule has 2 heteroatoms. The summed E-state index contributed by atoms with van der Waals surface area (Å²) in [5.41, 5.74) is -0.236. The fourth-order valence-electron chi connectivity index (χ4n) is 0.979. The molecule has 0 unspecified atom stereocenters. The van der Waals surface area contributed by atoms with E-state index < -0.39 is 6.10 Å². The van der Waals surface area contributed by atoms with Crippen molar-refractivity contribution in [2.24, 2.45) is 10.8 Å². The van der Waals surface area contributed by atoms with Gasteiger partial charge in [0.15, 0.2) is 0 Å². The standard InChI is InChI=1S/C13H26O2/c1-12(2,3)10(14)8-7-9-11(15)13(4,5)6/h7-8,10-11,14-15H,9H2,1-6H3/b8-7-/t10-,11-/m0/s1. The topological polar surface area (TPSA) is 40.5 Å². The third-order valence-corrected chi connectivity index (χ3v) is 2.56. The highest BCUT2D eigenvalue weighted by Gasteiger charge is 2.22. The van der Waals surface area contributed by atoms with Crippen LogP contribution in [0.15, 0.2) is 12.2 Å². The summed E-state index contributed by atoms with van der Waals surface area (Å²) in [5.74, 6) is 0. The van der Waals surface area contributed by atoms with E-state index in [2.05, 4.69) is 0 Å². The molecule has 0 bridgehead atoms. The van der Waals surface area contributed by atoms with Crippen LogP contribution in [0.5, 0.6) is 0 Å². The Morgan fingerprint density at radius 1 is 0.933 bits per heavy atom. The lowest BCUT2D eigenvalue weighted by Gasteiger charge is -2.25. The zero-order chi connectivity index (χ0) is 12.3. The molecule has 0 rings (SSSR count). The van der Waals surface area contributed by atoms with Gasteiger partial charge in [-0.05, 0) is 17.3 Å². The molecule has 0 aromatic heterocycles. The molecule has 2 atom stereocenters. The van der Waals surface area contributed by atoms with Gasteiger partial charge in [-0.2, -0.15) is 0 Å². The van der Waals surface area contributed by atoms with Crippen molar-refractivity contribution < 1.29 is 10.2 Å². The van der Waals surface area contributed by atoms with Crippen molar-refractivity contribution in [2.75, 3.05) is 0 Å². The van der Waals surface area contributed by atoms with Gasteiger partial charge < -0.3 is 10.2 Å². The maximum absolute atomic E-state index is 9.77. The van der Waals surface area contributed by atoms with Gasteiger partial charge in [-0.25, -0.2) is 0 Å². The average molecular weight is 214 g/mol. The summed E-state index contributed by atoms with van der Waals surface area (Å²) in [6.07, 6.45) is 3.42. The number of rotatable bonds is 3. The fourth-order valence-corrected chi connectivity index (χ4v) is 0.979. The van der Waals surface area contributed by atoms with Crippen molar-refractivity contribution in [3.63, 3.8) is 0 Å². The van der Waals surface area contributed by atoms with Crippen LogP contribution < -0.4 is 0 Å². The molecule has 15 heavy (non-hydrogen) atoms. The molecular formula is C13H26O2. The molecule has 2 N–H and O–H groups in total. The van der Waals surface area contributed by atoms with Gasteiger partial charge in [0, 0.05) is 0 Å². The fraction of sp³-hybridized carbons (Fsp3) is 0.846. The first-order valence-electron chi connectivity index (χ1n) is 5.58. The second-order valence-electron chi connectivity index (χ2n) is 6.36. The summed E-state index contributed by atoms with van der Waals surface area (Å²) >= 11 is 0. The Kier molecular flexibility index (Phi) is 5.01. The molecule has 90 valence electrons. The van der Waals surface area contributed by atoms with Gasteiger partial charge in [0.2, 0.25) is 0 Å². The van der Waals surface area contributed by atoms with E-state index in [-0.39, 0.29) is 16.9 Å². The first-order chi connectivity index (χ1) is 6.55. The van der Waals surface area contributed by atoms with Crippen molar-refractivity contribution in [1.29, 1.82) is 0 Å². The molecule has 0 aliphatic heterocycles. The highest BCUT2D eigenvalue weighted by Crippen LogP contribution is 2.23. The SMILES string of the molecule is CC(C)(C)[C@@H](O)/C=C\C[C@H](O)C(C)(C)C. The largest absolute Gasteiger partial charge is 0.392 e. The lowest BCUT2D eigenvalue weighted by molar-refractivity contribution is 0.0648. The Labute approximate surface area is 94.0 Å². The van der Waals surface area contributed by atoms with Crippen molar-refractivity contribution in [3.8, 4) is 0 Å². The maximum atomic E-state index is 9.77. The minimum atomic E-state index is -0.454. The third kappa shape index (κ3) is 5.95. The van der Waals surface area contributed by atoms with Gasteiger partial charge >= 0.3 is 0 Å². The molecule has 0 amide bonds. The van der Waals surface area contributed by atoms with E-state index in [0.29, 0.717) is 6.42 Å². The summed E-state index contributed by atoms with van der Waals surface area (Å²) < 4.78 is 0. The summed E-state index contributed by atoms with van der Waals surface area (Å²) in [6.45, 7) is 12.0. The van der Waals surface area contributed by atoms with Crippen molar-refractivity contribution in [2.45, 2.75) is 60.2 Å². The molecule has 0 aliphatic rings.